The Hall–Kier alpha value is -1.10. The zero-order valence-electron chi connectivity index (χ0n) is 9.17. The number of nitrogens with zero attached hydrogens (tertiary/aromatic N) is 1. The summed E-state index contributed by atoms with van der Waals surface area (Å²) in [5, 5.41) is 5.95. The van der Waals surface area contributed by atoms with Crippen LogP contribution in [-0.2, 0) is 4.79 Å². The van der Waals surface area contributed by atoms with E-state index in [1.54, 1.807) is 13.8 Å². The molecule has 5 nitrogen and oxygen atoms in total. The zero-order chi connectivity index (χ0) is 11.1. The number of amides is 3. The maximum absolute atomic E-state index is 11.8. The lowest BCUT2D eigenvalue weighted by Gasteiger charge is -2.19. The first-order valence-corrected chi connectivity index (χ1v) is 5.38. The first-order chi connectivity index (χ1) is 7.00. The SMILES string of the molecule is CC1(C)NC(=O)N(C[C@H]2CCCN2)C1=O. The average Bonchev–Trinajstić information content (AvgIpc) is 2.69. The number of urea groups is 1. The minimum Gasteiger partial charge on any atom is -0.324 e. The molecule has 1 atom stereocenters. The molecule has 2 rings (SSSR count). The molecule has 0 aromatic heterocycles. The smallest absolute Gasteiger partial charge is 0.324 e. The Balaban J connectivity index is 2.02. The summed E-state index contributed by atoms with van der Waals surface area (Å²) in [6.45, 7) is 4.94. The van der Waals surface area contributed by atoms with Crippen molar-refractivity contribution in [2.45, 2.75) is 38.3 Å². The summed E-state index contributed by atoms with van der Waals surface area (Å²) < 4.78 is 0. The van der Waals surface area contributed by atoms with Crippen molar-refractivity contribution in [1.82, 2.24) is 15.5 Å². The molecule has 2 heterocycles. The van der Waals surface area contributed by atoms with Crippen LogP contribution in [0.4, 0.5) is 4.79 Å². The van der Waals surface area contributed by atoms with Gasteiger partial charge in [0.1, 0.15) is 5.54 Å². The highest BCUT2D eigenvalue weighted by atomic mass is 16.2. The number of imide groups is 1. The molecule has 5 heteroatoms. The molecule has 15 heavy (non-hydrogen) atoms. The van der Waals surface area contributed by atoms with Crippen LogP contribution in [-0.4, -0.2) is 41.5 Å². The predicted molar refractivity (Wildman–Crippen MR) is 55.3 cm³/mol. The Labute approximate surface area is 89.2 Å². The Morgan fingerprint density at radius 3 is 2.67 bits per heavy atom. The molecule has 0 spiro atoms. The quantitative estimate of drug-likeness (QED) is 0.635. The fourth-order valence-corrected chi connectivity index (χ4v) is 2.12. The van der Waals surface area contributed by atoms with Gasteiger partial charge in [0.25, 0.3) is 5.91 Å². The molecular formula is C10H17N3O2. The van der Waals surface area contributed by atoms with E-state index in [1.165, 1.54) is 4.90 Å². The lowest BCUT2D eigenvalue weighted by atomic mass is 10.1. The fraction of sp³-hybridized carbons (Fsp3) is 0.800. The van der Waals surface area contributed by atoms with Gasteiger partial charge in [-0.1, -0.05) is 0 Å². The molecule has 0 unspecified atom stereocenters. The standard InChI is InChI=1S/C10H17N3O2/c1-10(2)8(14)13(9(15)12-10)6-7-4-3-5-11-7/h7,11H,3-6H2,1-2H3,(H,12,15)/t7-/m1/s1. The number of carbonyl (C=O) groups excluding carboxylic acids is 2. The van der Waals surface area contributed by atoms with Crippen molar-refractivity contribution < 1.29 is 9.59 Å². The Bertz CT molecular complexity index is 295. The third-order valence-corrected chi connectivity index (χ3v) is 3.01. The van der Waals surface area contributed by atoms with Gasteiger partial charge in [-0.3, -0.25) is 9.69 Å². The molecule has 84 valence electrons. The van der Waals surface area contributed by atoms with Gasteiger partial charge in [0.2, 0.25) is 0 Å². The minimum absolute atomic E-state index is 0.124. The van der Waals surface area contributed by atoms with E-state index in [9.17, 15) is 9.59 Å². The highest BCUT2D eigenvalue weighted by Gasteiger charge is 2.44. The molecule has 2 aliphatic rings. The third-order valence-electron chi connectivity index (χ3n) is 3.01. The third kappa shape index (κ3) is 1.84. The van der Waals surface area contributed by atoms with E-state index in [2.05, 4.69) is 10.6 Å². The monoisotopic (exact) mass is 211 g/mol. The second-order valence-corrected chi connectivity index (χ2v) is 4.76. The molecule has 0 saturated carbocycles. The van der Waals surface area contributed by atoms with Crippen LogP contribution in [0.3, 0.4) is 0 Å². The highest BCUT2D eigenvalue weighted by molar-refractivity contribution is 6.06. The topological polar surface area (TPSA) is 61.4 Å². The Morgan fingerprint density at radius 2 is 2.20 bits per heavy atom. The summed E-state index contributed by atoms with van der Waals surface area (Å²) in [5.41, 5.74) is -0.740. The molecule has 2 aliphatic heterocycles. The molecule has 0 aromatic carbocycles. The van der Waals surface area contributed by atoms with Crippen LogP contribution in [0.1, 0.15) is 26.7 Å². The molecule has 2 N–H and O–H groups in total. The predicted octanol–water partition coefficient (Wildman–Crippen LogP) is 0.0688. The average molecular weight is 211 g/mol. The van der Waals surface area contributed by atoms with E-state index in [1.807, 2.05) is 0 Å². The van der Waals surface area contributed by atoms with Crippen molar-refractivity contribution in [2.24, 2.45) is 0 Å². The second-order valence-electron chi connectivity index (χ2n) is 4.76. The molecule has 0 bridgehead atoms. The van der Waals surface area contributed by atoms with E-state index in [0.717, 1.165) is 19.4 Å². The summed E-state index contributed by atoms with van der Waals surface area (Å²) >= 11 is 0. The number of hydrogen-bond donors (Lipinski definition) is 2. The molecule has 0 aliphatic carbocycles. The van der Waals surface area contributed by atoms with Crippen molar-refractivity contribution in [2.75, 3.05) is 13.1 Å². The Morgan fingerprint density at radius 1 is 1.47 bits per heavy atom. The van der Waals surface area contributed by atoms with Gasteiger partial charge < -0.3 is 10.6 Å². The Kier molecular flexibility index (Phi) is 2.42. The summed E-state index contributed by atoms with van der Waals surface area (Å²) in [4.78, 5) is 24.7. The molecule has 2 saturated heterocycles. The molecule has 0 aromatic rings. The number of nitrogens with one attached hydrogen (secondary N) is 2. The highest BCUT2D eigenvalue weighted by Crippen LogP contribution is 2.18. The summed E-state index contributed by atoms with van der Waals surface area (Å²) in [5.74, 6) is -0.124. The summed E-state index contributed by atoms with van der Waals surface area (Å²) in [7, 11) is 0. The van der Waals surface area contributed by atoms with Gasteiger partial charge in [0.05, 0.1) is 0 Å². The van der Waals surface area contributed by atoms with Crippen molar-refractivity contribution in [1.29, 1.82) is 0 Å². The van der Waals surface area contributed by atoms with Crippen LogP contribution < -0.4 is 10.6 Å². The molecular weight excluding hydrogens is 194 g/mol. The maximum atomic E-state index is 11.8. The van der Waals surface area contributed by atoms with E-state index in [-0.39, 0.29) is 18.0 Å². The van der Waals surface area contributed by atoms with Crippen molar-refractivity contribution in [3.8, 4) is 0 Å². The van der Waals surface area contributed by atoms with Crippen molar-refractivity contribution in [3.63, 3.8) is 0 Å². The lowest BCUT2D eigenvalue weighted by Crippen LogP contribution is -2.43. The van der Waals surface area contributed by atoms with Crippen molar-refractivity contribution in [3.05, 3.63) is 0 Å². The van der Waals surface area contributed by atoms with Gasteiger partial charge in [0.15, 0.2) is 0 Å². The maximum Gasteiger partial charge on any atom is 0.325 e. The van der Waals surface area contributed by atoms with Gasteiger partial charge in [-0.05, 0) is 33.2 Å². The number of hydrogen-bond acceptors (Lipinski definition) is 3. The first kappa shape index (κ1) is 10.4. The minimum atomic E-state index is -0.740. The van der Waals surface area contributed by atoms with Crippen LogP contribution in [0, 0.1) is 0 Å². The van der Waals surface area contributed by atoms with Gasteiger partial charge in [-0.15, -0.1) is 0 Å². The van der Waals surface area contributed by atoms with Crippen LogP contribution in [0.25, 0.3) is 0 Å². The lowest BCUT2D eigenvalue weighted by molar-refractivity contribution is -0.130. The van der Waals surface area contributed by atoms with Gasteiger partial charge in [-0.2, -0.15) is 0 Å². The fourth-order valence-electron chi connectivity index (χ4n) is 2.12. The van der Waals surface area contributed by atoms with Gasteiger partial charge >= 0.3 is 6.03 Å². The number of carbonyl (C=O) groups is 2. The summed E-state index contributed by atoms with van der Waals surface area (Å²) in [6.07, 6.45) is 2.16. The zero-order valence-corrected chi connectivity index (χ0v) is 9.17. The van der Waals surface area contributed by atoms with Crippen LogP contribution in [0.15, 0.2) is 0 Å². The normalized spacial score (nSPS) is 29.7. The van der Waals surface area contributed by atoms with Crippen molar-refractivity contribution >= 4 is 11.9 Å². The van der Waals surface area contributed by atoms with Gasteiger partial charge in [-0.25, -0.2) is 4.79 Å². The molecule has 3 amide bonds. The summed E-state index contributed by atoms with van der Waals surface area (Å²) in [6, 6.07) is 0.00676. The largest absolute Gasteiger partial charge is 0.325 e. The van der Waals surface area contributed by atoms with Crippen LogP contribution in [0.2, 0.25) is 0 Å². The molecule has 0 radical (unpaired) electrons. The van der Waals surface area contributed by atoms with Gasteiger partial charge in [0, 0.05) is 12.6 Å². The molecule has 2 fully saturated rings. The van der Waals surface area contributed by atoms with E-state index in [4.69, 9.17) is 0 Å². The first-order valence-electron chi connectivity index (χ1n) is 5.38. The number of rotatable bonds is 2. The van der Waals surface area contributed by atoms with E-state index >= 15 is 0 Å². The van der Waals surface area contributed by atoms with E-state index in [0.29, 0.717) is 6.54 Å². The van der Waals surface area contributed by atoms with Crippen LogP contribution in [0.5, 0.6) is 0 Å². The van der Waals surface area contributed by atoms with E-state index < -0.39 is 5.54 Å². The van der Waals surface area contributed by atoms with Crippen LogP contribution >= 0.6 is 0 Å². The second kappa shape index (κ2) is 3.48.